The van der Waals surface area contributed by atoms with E-state index < -0.39 is 0 Å². The summed E-state index contributed by atoms with van der Waals surface area (Å²) in [4.78, 5) is 20.7. The Bertz CT molecular complexity index is 731. The lowest BCUT2D eigenvalue weighted by Gasteiger charge is -2.41. The Morgan fingerprint density at radius 1 is 1.29 bits per heavy atom. The smallest absolute Gasteiger partial charge is 0.293 e. The molecule has 2 atom stereocenters. The van der Waals surface area contributed by atoms with Crippen LogP contribution in [0.2, 0.25) is 0 Å². The minimum absolute atomic E-state index is 0.0251. The first-order valence-corrected chi connectivity index (χ1v) is 8.17. The van der Waals surface area contributed by atoms with Gasteiger partial charge < -0.3 is 14.2 Å². The van der Waals surface area contributed by atoms with Gasteiger partial charge in [-0.15, -0.1) is 0 Å². The average Bonchev–Trinajstić information content (AvgIpc) is 2.58. The van der Waals surface area contributed by atoms with E-state index in [0.29, 0.717) is 19.0 Å². The molecule has 24 heavy (non-hydrogen) atoms. The molecule has 0 amide bonds. The number of nitrogens with zero attached hydrogens (tertiary/aromatic N) is 4. The lowest BCUT2D eigenvalue weighted by atomic mass is 9.98. The van der Waals surface area contributed by atoms with Gasteiger partial charge >= 0.3 is 0 Å². The molecule has 0 spiro atoms. The van der Waals surface area contributed by atoms with Crippen LogP contribution in [0.3, 0.4) is 0 Å². The van der Waals surface area contributed by atoms with Crippen LogP contribution in [0.15, 0.2) is 47.5 Å². The molecular formula is C18H24N4O2. The lowest BCUT2D eigenvalue weighted by Crippen LogP contribution is -2.48. The number of hydrogen-bond donors (Lipinski definition) is 0. The third kappa shape index (κ3) is 3.34. The van der Waals surface area contributed by atoms with E-state index in [4.69, 9.17) is 4.74 Å². The SMILES string of the molecule is CN(C[C@@H]1OCCN(C)[C@H]1c1ccccc1)c1nccn(C)c1=O. The number of rotatable bonds is 4. The van der Waals surface area contributed by atoms with E-state index in [1.165, 1.54) is 5.56 Å². The molecule has 6 heteroatoms. The summed E-state index contributed by atoms with van der Waals surface area (Å²) in [6.07, 6.45) is 3.29. The first-order valence-electron chi connectivity index (χ1n) is 8.17. The lowest BCUT2D eigenvalue weighted by molar-refractivity contribution is -0.0580. The average molecular weight is 328 g/mol. The second kappa shape index (κ2) is 7.15. The number of ether oxygens (including phenoxy) is 1. The summed E-state index contributed by atoms with van der Waals surface area (Å²) in [5.74, 6) is 0.448. The molecule has 1 aliphatic rings. The summed E-state index contributed by atoms with van der Waals surface area (Å²) in [7, 11) is 5.75. The number of likely N-dealkylation sites (N-methyl/N-ethyl adjacent to an activating group) is 2. The van der Waals surface area contributed by atoms with E-state index in [-0.39, 0.29) is 17.7 Å². The molecule has 6 nitrogen and oxygen atoms in total. The van der Waals surface area contributed by atoms with Crippen LogP contribution in [0, 0.1) is 0 Å². The maximum Gasteiger partial charge on any atom is 0.293 e. The van der Waals surface area contributed by atoms with Crippen LogP contribution in [-0.2, 0) is 11.8 Å². The quantitative estimate of drug-likeness (QED) is 0.846. The minimum Gasteiger partial charge on any atom is -0.373 e. The Kier molecular flexibility index (Phi) is 4.97. The van der Waals surface area contributed by atoms with Gasteiger partial charge in [0.2, 0.25) is 0 Å². The molecule has 1 aliphatic heterocycles. The van der Waals surface area contributed by atoms with Crippen LogP contribution in [0.1, 0.15) is 11.6 Å². The number of anilines is 1. The molecule has 128 valence electrons. The molecule has 1 aromatic heterocycles. The van der Waals surface area contributed by atoms with E-state index in [9.17, 15) is 4.79 Å². The number of hydrogen-bond acceptors (Lipinski definition) is 5. The molecule has 0 N–H and O–H groups in total. The molecule has 0 saturated carbocycles. The predicted molar refractivity (Wildman–Crippen MR) is 94.3 cm³/mol. The van der Waals surface area contributed by atoms with E-state index in [0.717, 1.165) is 6.54 Å². The molecule has 2 heterocycles. The minimum atomic E-state index is -0.0968. The number of aromatic nitrogens is 2. The van der Waals surface area contributed by atoms with Gasteiger partial charge in [0, 0.05) is 39.6 Å². The normalized spacial score (nSPS) is 21.6. The summed E-state index contributed by atoms with van der Waals surface area (Å²) in [6.45, 7) is 2.19. The Hall–Kier alpha value is -2.18. The second-order valence-electron chi connectivity index (χ2n) is 6.29. The van der Waals surface area contributed by atoms with Gasteiger partial charge in [-0.25, -0.2) is 4.98 Å². The van der Waals surface area contributed by atoms with Gasteiger partial charge in [-0.2, -0.15) is 0 Å². The van der Waals surface area contributed by atoms with Gasteiger partial charge in [-0.05, 0) is 12.6 Å². The van der Waals surface area contributed by atoms with Crippen molar-refractivity contribution >= 4 is 5.82 Å². The van der Waals surface area contributed by atoms with Gasteiger partial charge in [0.15, 0.2) is 5.82 Å². The van der Waals surface area contributed by atoms with E-state index in [1.807, 2.05) is 30.1 Å². The summed E-state index contributed by atoms with van der Waals surface area (Å²) >= 11 is 0. The molecule has 3 rings (SSSR count). The zero-order valence-electron chi connectivity index (χ0n) is 14.4. The van der Waals surface area contributed by atoms with Crippen molar-refractivity contribution in [2.75, 3.05) is 38.7 Å². The zero-order valence-corrected chi connectivity index (χ0v) is 14.4. The van der Waals surface area contributed by atoms with Gasteiger partial charge in [0.1, 0.15) is 0 Å². The van der Waals surface area contributed by atoms with Crippen LogP contribution >= 0.6 is 0 Å². The Morgan fingerprint density at radius 3 is 2.79 bits per heavy atom. The van der Waals surface area contributed by atoms with Gasteiger partial charge in [-0.1, -0.05) is 30.3 Å². The fraction of sp³-hybridized carbons (Fsp3) is 0.444. The molecule has 1 saturated heterocycles. The second-order valence-corrected chi connectivity index (χ2v) is 6.29. The highest BCUT2D eigenvalue weighted by Gasteiger charge is 2.32. The van der Waals surface area contributed by atoms with Crippen molar-refractivity contribution in [1.82, 2.24) is 14.5 Å². The van der Waals surface area contributed by atoms with Crippen molar-refractivity contribution in [2.24, 2.45) is 7.05 Å². The van der Waals surface area contributed by atoms with Crippen molar-refractivity contribution in [3.63, 3.8) is 0 Å². The highest BCUT2D eigenvalue weighted by Crippen LogP contribution is 2.29. The first kappa shape index (κ1) is 16.7. The van der Waals surface area contributed by atoms with Gasteiger partial charge in [0.05, 0.1) is 18.8 Å². The summed E-state index contributed by atoms with van der Waals surface area (Å²) in [5.41, 5.74) is 1.13. The van der Waals surface area contributed by atoms with Crippen molar-refractivity contribution in [1.29, 1.82) is 0 Å². The van der Waals surface area contributed by atoms with Crippen LogP contribution in [0.25, 0.3) is 0 Å². The maximum absolute atomic E-state index is 12.3. The largest absolute Gasteiger partial charge is 0.373 e. The van der Waals surface area contributed by atoms with Gasteiger partial charge in [-0.3, -0.25) is 9.69 Å². The molecule has 0 radical (unpaired) electrons. The number of benzene rings is 1. The third-order valence-corrected chi connectivity index (χ3v) is 4.56. The Labute approximate surface area is 142 Å². The van der Waals surface area contributed by atoms with E-state index in [1.54, 1.807) is 24.0 Å². The summed E-state index contributed by atoms with van der Waals surface area (Å²) in [5, 5.41) is 0. The topological polar surface area (TPSA) is 50.6 Å². The highest BCUT2D eigenvalue weighted by atomic mass is 16.5. The maximum atomic E-state index is 12.3. The van der Waals surface area contributed by atoms with Crippen molar-refractivity contribution in [3.05, 3.63) is 58.6 Å². The monoisotopic (exact) mass is 328 g/mol. The van der Waals surface area contributed by atoms with Crippen molar-refractivity contribution in [2.45, 2.75) is 12.1 Å². The van der Waals surface area contributed by atoms with Gasteiger partial charge in [0.25, 0.3) is 5.56 Å². The fourth-order valence-electron chi connectivity index (χ4n) is 3.24. The van der Waals surface area contributed by atoms with Crippen molar-refractivity contribution < 1.29 is 4.74 Å². The van der Waals surface area contributed by atoms with Crippen LogP contribution in [-0.4, -0.2) is 54.3 Å². The molecule has 0 bridgehead atoms. The zero-order chi connectivity index (χ0) is 17.1. The predicted octanol–water partition coefficient (Wildman–Crippen LogP) is 1.29. The third-order valence-electron chi connectivity index (χ3n) is 4.56. The highest BCUT2D eigenvalue weighted by molar-refractivity contribution is 5.35. The number of aryl methyl sites for hydroxylation is 1. The fourth-order valence-corrected chi connectivity index (χ4v) is 3.24. The molecule has 0 unspecified atom stereocenters. The standard InChI is InChI=1S/C18H24N4O2/c1-20-11-12-24-15(16(20)14-7-5-4-6-8-14)13-22(3)17-18(23)21(2)10-9-19-17/h4-10,15-16H,11-13H2,1-3H3/t15-,16-/m0/s1. The number of morpholine rings is 1. The Balaban J connectivity index is 1.84. The summed E-state index contributed by atoms with van der Waals surface area (Å²) < 4.78 is 7.60. The molecule has 2 aromatic rings. The molecule has 1 fully saturated rings. The van der Waals surface area contributed by atoms with E-state index in [2.05, 4.69) is 29.1 Å². The molecule has 0 aliphatic carbocycles. The van der Waals surface area contributed by atoms with Crippen LogP contribution in [0.5, 0.6) is 0 Å². The molecule has 1 aromatic carbocycles. The Morgan fingerprint density at radius 2 is 2.04 bits per heavy atom. The first-order chi connectivity index (χ1) is 11.6. The van der Waals surface area contributed by atoms with E-state index >= 15 is 0 Å². The van der Waals surface area contributed by atoms with Crippen molar-refractivity contribution in [3.8, 4) is 0 Å². The van der Waals surface area contributed by atoms with Crippen LogP contribution < -0.4 is 10.5 Å². The van der Waals surface area contributed by atoms with Crippen LogP contribution in [0.4, 0.5) is 5.82 Å². The summed E-state index contributed by atoms with van der Waals surface area (Å²) in [6, 6.07) is 10.5. The molecular weight excluding hydrogens is 304 g/mol.